The summed E-state index contributed by atoms with van der Waals surface area (Å²) in [6.45, 7) is 7.59. The Bertz CT molecular complexity index is 697. The summed E-state index contributed by atoms with van der Waals surface area (Å²) in [6.07, 6.45) is 6.19. The molecular weight excluding hydrogens is 328 g/mol. The highest BCUT2D eigenvalue weighted by atomic mass is 16.5. The highest BCUT2D eigenvalue weighted by Gasteiger charge is 2.26. The van der Waals surface area contributed by atoms with E-state index in [2.05, 4.69) is 42.7 Å². The zero-order chi connectivity index (χ0) is 17.8. The molecule has 0 unspecified atom stereocenters. The summed E-state index contributed by atoms with van der Waals surface area (Å²) in [5, 5.41) is 9.06. The van der Waals surface area contributed by atoms with Gasteiger partial charge in [0.05, 0.1) is 19.8 Å². The third-order valence-corrected chi connectivity index (χ3v) is 5.47. The maximum absolute atomic E-state index is 5.43. The van der Waals surface area contributed by atoms with Gasteiger partial charge in [-0.2, -0.15) is 0 Å². The number of nitrogens with zero attached hydrogens (tertiary/aromatic N) is 6. The van der Waals surface area contributed by atoms with Gasteiger partial charge in [-0.15, -0.1) is 10.2 Å². The lowest BCUT2D eigenvalue weighted by atomic mass is 9.97. The molecule has 7 heteroatoms. The first kappa shape index (κ1) is 17.6. The first-order valence-electron chi connectivity index (χ1n) is 9.59. The van der Waals surface area contributed by atoms with Crippen LogP contribution in [0.5, 0.6) is 0 Å². The molecule has 0 spiro atoms. The third kappa shape index (κ3) is 4.11. The van der Waals surface area contributed by atoms with Crippen LogP contribution in [0, 0.1) is 0 Å². The second-order valence-corrected chi connectivity index (χ2v) is 7.36. The molecule has 0 N–H and O–H groups in total. The molecule has 2 saturated heterocycles. The lowest BCUT2D eigenvalue weighted by molar-refractivity contribution is 0.0326. The monoisotopic (exact) mass is 356 g/mol. The van der Waals surface area contributed by atoms with Gasteiger partial charge in [0.2, 0.25) is 0 Å². The number of hydrogen-bond acceptors (Lipinski definition) is 6. The van der Waals surface area contributed by atoms with Crippen LogP contribution in [0.25, 0.3) is 0 Å². The predicted molar refractivity (Wildman–Crippen MR) is 98.6 cm³/mol. The molecular formula is C19H28N6O. The first-order chi connectivity index (χ1) is 12.8. The van der Waals surface area contributed by atoms with Gasteiger partial charge in [0, 0.05) is 51.5 Å². The van der Waals surface area contributed by atoms with Crippen LogP contribution in [0.3, 0.4) is 0 Å². The standard InChI is InChI=1S/C19H28N6O/c1-23-18(15-24-8-10-26-11-9-24)21-22-19(23)17-5-3-7-25(14-17)13-16-4-2-6-20-12-16/h2,4,6,12,17H,3,5,7-11,13-15H2,1H3/t17-/m1/s1. The number of hydrogen-bond donors (Lipinski definition) is 0. The van der Waals surface area contributed by atoms with Gasteiger partial charge in [-0.3, -0.25) is 14.8 Å². The molecule has 1 atom stereocenters. The Morgan fingerprint density at radius 1 is 1.12 bits per heavy atom. The van der Waals surface area contributed by atoms with Gasteiger partial charge in [-0.05, 0) is 31.0 Å². The second kappa shape index (κ2) is 8.24. The topological polar surface area (TPSA) is 59.3 Å². The minimum Gasteiger partial charge on any atom is -0.379 e. The molecule has 2 aromatic rings. The Kier molecular flexibility index (Phi) is 5.57. The summed E-state index contributed by atoms with van der Waals surface area (Å²) in [6, 6.07) is 4.16. The Hall–Kier alpha value is -1.83. The summed E-state index contributed by atoms with van der Waals surface area (Å²) < 4.78 is 7.65. The van der Waals surface area contributed by atoms with Crippen LogP contribution >= 0.6 is 0 Å². The fourth-order valence-corrected chi connectivity index (χ4v) is 3.99. The molecule has 0 aliphatic carbocycles. The zero-order valence-electron chi connectivity index (χ0n) is 15.5. The van der Waals surface area contributed by atoms with Crippen molar-refractivity contribution in [2.45, 2.75) is 31.8 Å². The molecule has 2 aromatic heterocycles. The predicted octanol–water partition coefficient (Wildman–Crippen LogP) is 1.42. The van der Waals surface area contributed by atoms with Crippen molar-refractivity contribution < 1.29 is 4.74 Å². The second-order valence-electron chi connectivity index (χ2n) is 7.36. The van der Waals surface area contributed by atoms with Crippen LogP contribution in [0.1, 0.15) is 36.0 Å². The van der Waals surface area contributed by atoms with E-state index < -0.39 is 0 Å². The van der Waals surface area contributed by atoms with E-state index in [-0.39, 0.29) is 0 Å². The summed E-state index contributed by atoms with van der Waals surface area (Å²) >= 11 is 0. The van der Waals surface area contributed by atoms with Crippen molar-refractivity contribution in [3.05, 3.63) is 41.7 Å². The molecule has 0 radical (unpaired) electrons. The van der Waals surface area contributed by atoms with Crippen molar-refractivity contribution in [3.8, 4) is 0 Å². The highest BCUT2D eigenvalue weighted by Crippen LogP contribution is 2.26. The quantitative estimate of drug-likeness (QED) is 0.808. The normalized spacial score (nSPS) is 22.6. The fraction of sp³-hybridized carbons (Fsp3) is 0.632. The molecule has 0 bridgehead atoms. The largest absolute Gasteiger partial charge is 0.379 e. The molecule has 7 nitrogen and oxygen atoms in total. The SMILES string of the molecule is Cn1c(CN2CCOCC2)nnc1[C@@H]1CCCN(Cc2cccnc2)C1. The van der Waals surface area contributed by atoms with E-state index in [1.54, 1.807) is 0 Å². The number of ether oxygens (including phenoxy) is 1. The van der Waals surface area contributed by atoms with E-state index in [0.29, 0.717) is 5.92 Å². The van der Waals surface area contributed by atoms with Gasteiger partial charge in [-0.1, -0.05) is 6.07 Å². The lowest BCUT2D eigenvalue weighted by Crippen LogP contribution is -2.36. The van der Waals surface area contributed by atoms with E-state index in [9.17, 15) is 0 Å². The van der Waals surface area contributed by atoms with Crippen molar-refractivity contribution >= 4 is 0 Å². The summed E-state index contributed by atoms with van der Waals surface area (Å²) in [5.74, 6) is 2.65. The average Bonchev–Trinajstić information content (AvgIpc) is 3.04. The minimum atomic E-state index is 0.455. The Morgan fingerprint density at radius 2 is 2.00 bits per heavy atom. The molecule has 2 fully saturated rings. The molecule has 0 aromatic carbocycles. The van der Waals surface area contributed by atoms with Gasteiger partial charge in [-0.25, -0.2) is 0 Å². The fourth-order valence-electron chi connectivity index (χ4n) is 3.99. The average molecular weight is 356 g/mol. The lowest BCUT2D eigenvalue weighted by Gasteiger charge is -2.32. The van der Waals surface area contributed by atoms with Gasteiger partial charge in [0.1, 0.15) is 11.6 Å². The Morgan fingerprint density at radius 3 is 2.81 bits per heavy atom. The van der Waals surface area contributed by atoms with Crippen LogP contribution in [-0.2, 0) is 24.9 Å². The molecule has 140 valence electrons. The van der Waals surface area contributed by atoms with Crippen LogP contribution < -0.4 is 0 Å². The number of aromatic nitrogens is 4. The number of piperidine rings is 1. The smallest absolute Gasteiger partial charge is 0.146 e. The van der Waals surface area contributed by atoms with Crippen molar-refractivity contribution in [2.75, 3.05) is 39.4 Å². The van der Waals surface area contributed by atoms with Crippen LogP contribution in [0.2, 0.25) is 0 Å². The molecule has 4 heterocycles. The van der Waals surface area contributed by atoms with E-state index in [0.717, 1.165) is 64.1 Å². The van der Waals surface area contributed by atoms with Gasteiger partial charge in [0.25, 0.3) is 0 Å². The molecule has 0 amide bonds. The maximum atomic E-state index is 5.43. The first-order valence-corrected chi connectivity index (χ1v) is 9.59. The van der Waals surface area contributed by atoms with E-state index in [4.69, 9.17) is 4.74 Å². The Balaban J connectivity index is 1.40. The molecule has 2 aliphatic heterocycles. The van der Waals surface area contributed by atoms with Crippen molar-refractivity contribution in [1.29, 1.82) is 0 Å². The van der Waals surface area contributed by atoms with Crippen molar-refractivity contribution in [2.24, 2.45) is 7.05 Å². The molecule has 2 aliphatic rings. The maximum Gasteiger partial charge on any atom is 0.146 e. The zero-order valence-corrected chi connectivity index (χ0v) is 15.5. The van der Waals surface area contributed by atoms with Crippen LogP contribution in [0.4, 0.5) is 0 Å². The Labute approximate surface area is 155 Å². The van der Waals surface area contributed by atoms with Crippen LogP contribution in [0.15, 0.2) is 24.5 Å². The van der Waals surface area contributed by atoms with E-state index >= 15 is 0 Å². The number of morpholine rings is 1. The molecule has 4 rings (SSSR count). The van der Waals surface area contributed by atoms with Crippen LogP contribution in [-0.4, -0.2) is 68.9 Å². The number of pyridine rings is 1. The number of rotatable bonds is 5. The molecule has 0 saturated carbocycles. The van der Waals surface area contributed by atoms with Crippen molar-refractivity contribution in [3.63, 3.8) is 0 Å². The highest BCUT2D eigenvalue weighted by molar-refractivity contribution is 5.09. The third-order valence-electron chi connectivity index (χ3n) is 5.47. The van der Waals surface area contributed by atoms with Gasteiger partial charge < -0.3 is 9.30 Å². The van der Waals surface area contributed by atoms with Gasteiger partial charge >= 0.3 is 0 Å². The number of likely N-dealkylation sites (tertiary alicyclic amines) is 1. The molecule has 26 heavy (non-hydrogen) atoms. The summed E-state index contributed by atoms with van der Waals surface area (Å²) in [4.78, 5) is 9.14. The summed E-state index contributed by atoms with van der Waals surface area (Å²) in [7, 11) is 2.12. The summed E-state index contributed by atoms with van der Waals surface area (Å²) in [5.41, 5.74) is 1.28. The minimum absolute atomic E-state index is 0.455. The van der Waals surface area contributed by atoms with E-state index in [1.165, 1.54) is 18.4 Å². The van der Waals surface area contributed by atoms with Gasteiger partial charge in [0.15, 0.2) is 0 Å². The van der Waals surface area contributed by atoms with Crippen molar-refractivity contribution in [1.82, 2.24) is 29.5 Å². The van der Waals surface area contributed by atoms with E-state index in [1.807, 2.05) is 18.5 Å².